The SMILES string of the molecule is CC(=Cc1ccc(-c2ccc(S(N)(=O)=O)cc2)o1)CO. The smallest absolute Gasteiger partial charge is 0.238 e. The van der Waals surface area contributed by atoms with Crippen LogP contribution < -0.4 is 5.14 Å². The Hall–Kier alpha value is -1.89. The molecule has 6 heteroatoms. The van der Waals surface area contributed by atoms with Crippen molar-refractivity contribution in [2.45, 2.75) is 11.8 Å². The van der Waals surface area contributed by atoms with Crippen LogP contribution in [-0.2, 0) is 10.0 Å². The Kier molecular flexibility index (Phi) is 4.08. The highest BCUT2D eigenvalue weighted by Crippen LogP contribution is 2.24. The van der Waals surface area contributed by atoms with Crippen LogP contribution in [0, 0.1) is 0 Å². The number of primary sulfonamides is 1. The second-order valence-electron chi connectivity index (χ2n) is 4.42. The van der Waals surface area contributed by atoms with Crippen molar-refractivity contribution in [2.24, 2.45) is 5.14 Å². The van der Waals surface area contributed by atoms with Gasteiger partial charge in [0.1, 0.15) is 11.5 Å². The molecule has 0 fully saturated rings. The molecule has 106 valence electrons. The fourth-order valence-corrected chi connectivity index (χ4v) is 2.20. The number of hydrogen-bond donors (Lipinski definition) is 2. The Labute approximate surface area is 117 Å². The molecule has 0 saturated carbocycles. The summed E-state index contributed by atoms with van der Waals surface area (Å²) in [5.41, 5.74) is 1.54. The van der Waals surface area contributed by atoms with E-state index in [1.807, 2.05) is 0 Å². The van der Waals surface area contributed by atoms with Crippen LogP contribution >= 0.6 is 0 Å². The quantitative estimate of drug-likeness (QED) is 0.901. The molecule has 0 aliphatic heterocycles. The Morgan fingerprint density at radius 2 is 1.90 bits per heavy atom. The normalized spacial score (nSPS) is 12.7. The monoisotopic (exact) mass is 293 g/mol. The second-order valence-corrected chi connectivity index (χ2v) is 5.98. The van der Waals surface area contributed by atoms with E-state index in [0.29, 0.717) is 11.5 Å². The first-order valence-electron chi connectivity index (χ1n) is 5.91. The molecule has 0 spiro atoms. The lowest BCUT2D eigenvalue weighted by atomic mass is 10.2. The standard InChI is InChI=1S/C14H15NO4S/c1-10(9-16)8-12-4-7-14(19-12)11-2-5-13(6-3-11)20(15,17)18/h2-8,16H,9H2,1H3,(H2,15,17,18). The number of sulfonamides is 1. The van der Waals surface area contributed by atoms with Gasteiger partial charge in [-0.2, -0.15) is 0 Å². The van der Waals surface area contributed by atoms with Crippen LogP contribution in [-0.4, -0.2) is 20.1 Å². The topological polar surface area (TPSA) is 93.5 Å². The number of nitrogens with two attached hydrogens (primary N) is 1. The highest BCUT2D eigenvalue weighted by Gasteiger charge is 2.09. The van der Waals surface area contributed by atoms with Crippen LogP contribution in [0.25, 0.3) is 17.4 Å². The predicted molar refractivity (Wildman–Crippen MR) is 76.3 cm³/mol. The number of benzene rings is 1. The Balaban J connectivity index is 2.29. The van der Waals surface area contributed by atoms with Crippen molar-refractivity contribution in [3.05, 3.63) is 47.7 Å². The molecule has 0 atom stereocenters. The molecule has 0 amide bonds. The largest absolute Gasteiger partial charge is 0.457 e. The summed E-state index contributed by atoms with van der Waals surface area (Å²) in [6.45, 7) is 1.77. The van der Waals surface area contributed by atoms with Gasteiger partial charge in [0.2, 0.25) is 10.0 Å². The maximum absolute atomic E-state index is 11.2. The molecule has 0 unspecified atom stereocenters. The van der Waals surface area contributed by atoms with Crippen molar-refractivity contribution >= 4 is 16.1 Å². The lowest BCUT2D eigenvalue weighted by Gasteiger charge is -2.00. The minimum atomic E-state index is -3.68. The maximum Gasteiger partial charge on any atom is 0.238 e. The lowest BCUT2D eigenvalue weighted by molar-refractivity contribution is 0.332. The predicted octanol–water partition coefficient (Wildman–Crippen LogP) is 1.99. The third-order valence-electron chi connectivity index (χ3n) is 2.73. The summed E-state index contributed by atoms with van der Waals surface area (Å²) in [5.74, 6) is 1.24. The molecule has 5 nitrogen and oxygen atoms in total. The van der Waals surface area contributed by atoms with Crippen molar-refractivity contribution in [1.29, 1.82) is 0 Å². The van der Waals surface area contributed by atoms with E-state index in [1.54, 1.807) is 37.3 Å². The highest BCUT2D eigenvalue weighted by atomic mass is 32.2. The van der Waals surface area contributed by atoms with E-state index in [-0.39, 0.29) is 11.5 Å². The molecular weight excluding hydrogens is 278 g/mol. The summed E-state index contributed by atoms with van der Waals surface area (Å²) in [6, 6.07) is 9.68. The molecular formula is C14H15NO4S. The first-order chi connectivity index (χ1) is 9.40. The van der Waals surface area contributed by atoms with Gasteiger partial charge in [0.25, 0.3) is 0 Å². The van der Waals surface area contributed by atoms with Gasteiger partial charge in [0, 0.05) is 5.56 Å². The van der Waals surface area contributed by atoms with E-state index in [2.05, 4.69) is 0 Å². The molecule has 3 N–H and O–H groups in total. The van der Waals surface area contributed by atoms with Crippen LogP contribution in [0.2, 0.25) is 0 Å². The molecule has 0 saturated heterocycles. The molecule has 1 aromatic carbocycles. The third-order valence-corrected chi connectivity index (χ3v) is 3.66. The van der Waals surface area contributed by atoms with Crippen molar-refractivity contribution in [2.75, 3.05) is 6.61 Å². The number of rotatable bonds is 4. The highest BCUT2D eigenvalue weighted by molar-refractivity contribution is 7.89. The van der Waals surface area contributed by atoms with Gasteiger partial charge < -0.3 is 9.52 Å². The van der Waals surface area contributed by atoms with Gasteiger partial charge in [-0.3, -0.25) is 0 Å². The summed E-state index contributed by atoms with van der Waals surface area (Å²) in [5, 5.41) is 14.0. The molecule has 0 radical (unpaired) electrons. The Bertz CT molecular complexity index is 727. The van der Waals surface area contributed by atoms with Crippen molar-refractivity contribution < 1.29 is 17.9 Å². The van der Waals surface area contributed by atoms with E-state index in [9.17, 15) is 8.42 Å². The second kappa shape index (κ2) is 5.62. The summed E-state index contributed by atoms with van der Waals surface area (Å²) in [4.78, 5) is 0.0593. The molecule has 1 heterocycles. The van der Waals surface area contributed by atoms with E-state index in [0.717, 1.165) is 11.1 Å². The van der Waals surface area contributed by atoms with Crippen LogP contribution in [0.15, 0.2) is 51.3 Å². The zero-order valence-electron chi connectivity index (χ0n) is 10.9. The first kappa shape index (κ1) is 14.5. The summed E-state index contributed by atoms with van der Waals surface area (Å²) >= 11 is 0. The van der Waals surface area contributed by atoms with Crippen LogP contribution in [0.1, 0.15) is 12.7 Å². The van der Waals surface area contributed by atoms with Gasteiger partial charge in [-0.05, 0) is 55.0 Å². The summed E-state index contributed by atoms with van der Waals surface area (Å²) < 4.78 is 27.9. The number of aliphatic hydroxyl groups is 1. The van der Waals surface area contributed by atoms with Crippen molar-refractivity contribution in [3.63, 3.8) is 0 Å². The van der Waals surface area contributed by atoms with E-state index in [1.165, 1.54) is 12.1 Å². The number of furan rings is 1. The first-order valence-corrected chi connectivity index (χ1v) is 7.46. The van der Waals surface area contributed by atoms with Gasteiger partial charge in [-0.15, -0.1) is 0 Å². The van der Waals surface area contributed by atoms with E-state index >= 15 is 0 Å². The average molecular weight is 293 g/mol. The Morgan fingerprint density at radius 1 is 1.25 bits per heavy atom. The molecule has 2 aromatic rings. The minimum absolute atomic E-state index is 0.0287. The Morgan fingerprint density at radius 3 is 2.45 bits per heavy atom. The van der Waals surface area contributed by atoms with E-state index in [4.69, 9.17) is 14.7 Å². The van der Waals surface area contributed by atoms with Crippen LogP contribution in [0.5, 0.6) is 0 Å². The van der Waals surface area contributed by atoms with Crippen molar-refractivity contribution in [1.82, 2.24) is 0 Å². The van der Waals surface area contributed by atoms with Crippen LogP contribution in [0.4, 0.5) is 0 Å². The third kappa shape index (κ3) is 3.36. The summed E-state index contributed by atoms with van der Waals surface area (Å²) in [6.07, 6.45) is 1.74. The lowest BCUT2D eigenvalue weighted by Crippen LogP contribution is -2.11. The number of aliphatic hydroxyl groups excluding tert-OH is 1. The van der Waals surface area contributed by atoms with Gasteiger partial charge in [-0.25, -0.2) is 13.6 Å². The van der Waals surface area contributed by atoms with E-state index < -0.39 is 10.0 Å². The molecule has 0 aliphatic carbocycles. The van der Waals surface area contributed by atoms with Gasteiger partial charge in [-0.1, -0.05) is 0 Å². The molecule has 2 rings (SSSR count). The fourth-order valence-electron chi connectivity index (χ4n) is 1.68. The van der Waals surface area contributed by atoms with Crippen LogP contribution in [0.3, 0.4) is 0 Å². The number of hydrogen-bond acceptors (Lipinski definition) is 4. The molecule has 0 aliphatic rings. The fraction of sp³-hybridized carbons (Fsp3) is 0.143. The van der Waals surface area contributed by atoms with Gasteiger partial charge in [0.05, 0.1) is 11.5 Å². The molecule has 0 bridgehead atoms. The summed E-state index contributed by atoms with van der Waals surface area (Å²) in [7, 11) is -3.68. The maximum atomic E-state index is 11.2. The zero-order chi connectivity index (χ0) is 14.8. The van der Waals surface area contributed by atoms with Gasteiger partial charge >= 0.3 is 0 Å². The molecule has 20 heavy (non-hydrogen) atoms. The minimum Gasteiger partial charge on any atom is -0.457 e. The zero-order valence-corrected chi connectivity index (χ0v) is 11.7. The average Bonchev–Trinajstić information content (AvgIpc) is 2.86. The van der Waals surface area contributed by atoms with Gasteiger partial charge in [0.15, 0.2) is 0 Å². The van der Waals surface area contributed by atoms with Crippen molar-refractivity contribution in [3.8, 4) is 11.3 Å². The molecule has 1 aromatic heterocycles.